The molecule has 96 valence electrons. The molecular weight excluding hydrogens is 204 g/mol. The summed E-state index contributed by atoms with van der Waals surface area (Å²) < 4.78 is 4.98. The number of ether oxygens (including phenoxy) is 1. The van der Waals surface area contributed by atoms with Crippen LogP contribution in [0.1, 0.15) is 13.3 Å². The Hall–Kier alpha value is -0.810. The molecule has 0 aromatic carbocycles. The van der Waals surface area contributed by atoms with Gasteiger partial charge in [0.1, 0.15) is 0 Å². The number of nitrogens with one attached hydrogen (secondary N) is 2. The van der Waals surface area contributed by atoms with E-state index in [2.05, 4.69) is 41.5 Å². The fourth-order valence-electron chi connectivity index (χ4n) is 1.19. The van der Waals surface area contributed by atoms with Crippen LogP contribution < -0.4 is 10.6 Å². The van der Waals surface area contributed by atoms with Crippen LogP contribution in [0, 0.1) is 0 Å². The third-order valence-electron chi connectivity index (χ3n) is 1.98. The molecule has 16 heavy (non-hydrogen) atoms. The summed E-state index contributed by atoms with van der Waals surface area (Å²) in [7, 11) is 5.85. The Morgan fingerprint density at radius 2 is 2.06 bits per heavy atom. The lowest BCUT2D eigenvalue weighted by atomic mass is 10.4. The number of nitrogens with zero attached hydrogens (tertiary/aromatic N) is 2. The number of guanidine groups is 1. The Bertz CT molecular complexity index is 183. The molecule has 0 fully saturated rings. The SMILES string of the molecule is CCNC(=NCCCN(C)C)NCCOC. The molecule has 0 aliphatic rings. The molecule has 0 amide bonds. The zero-order valence-corrected chi connectivity index (χ0v) is 11.0. The van der Waals surface area contributed by atoms with Crippen LogP contribution in [-0.4, -0.2) is 64.9 Å². The number of hydrogen-bond donors (Lipinski definition) is 2. The second-order valence-corrected chi connectivity index (χ2v) is 3.84. The van der Waals surface area contributed by atoms with Crippen molar-refractivity contribution in [3.05, 3.63) is 0 Å². The van der Waals surface area contributed by atoms with E-state index in [1.807, 2.05) is 0 Å². The predicted octanol–water partition coefficient (Wildman–Crippen LogP) is 0.140. The molecule has 0 saturated heterocycles. The summed E-state index contributed by atoms with van der Waals surface area (Å²) in [6.45, 7) is 6.35. The van der Waals surface area contributed by atoms with E-state index in [4.69, 9.17) is 4.74 Å². The first-order chi connectivity index (χ1) is 7.70. The maximum absolute atomic E-state index is 4.98. The second kappa shape index (κ2) is 10.7. The Kier molecular flexibility index (Phi) is 10.2. The van der Waals surface area contributed by atoms with E-state index in [1.54, 1.807) is 7.11 Å². The summed E-state index contributed by atoms with van der Waals surface area (Å²) in [4.78, 5) is 6.64. The molecule has 5 heteroatoms. The molecule has 0 aromatic heterocycles. The molecule has 0 aliphatic carbocycles. The molecule has 0 unspecified atom stereocenters. The van der Waals surface area contributed by atoms with Gasteiger partial charge in [-0.3, -0.25) is 4.99 Å². The van der Waals surface area contributed by atoms with E-state index < -0.39 is 0 Å². The van der Waals surface area contributed by atoms with Gasteiger partial charge in [0, 0.05) is 26.7 Å². The Balaban J connectivity index is 3.74. The number of aliphatic imine (C=N–C) groups is 1. The third-order valence-corrected chi connectivity index (χ3v) is 1.98. The Morgan fingerprint density at radius 3 is 2.62 bits per heavy atom. The van der Waals surface area contributed by atoms with Gasteiger partial charge >= 0.3 is 0 Å². The zero-order valence-electron chi connectivity index (χ0n) is 11.0. The second-order valence-electron chi connectivity index (χ2n) is 3.84. The molecular formula is C11H26N4O. The van der Waals surface area contributed by atoms with E-state index >= 15 is 0 Å². The van der Waals surface area contributed by atoms with E-state index in [-0.39, 0.29) is 0 Å². The first-order valence-electron chi connectivity index (χ1n) is 5.86. The monoisotopic (exact) mass is 230 g/mol. The topological polar surface area (TPSA) is 48.9 Å². The van der Waals surface area contributed by atoms with Crippen LogP contribution in [0.5, 0.6) is 0 Å². The Labute approximate surface area is 99.3 Å². The van der Waals surface area contributed by atoms with Crippen molar-refractivity contribution >= 4 is 5.96 Å². The molecule has 0 saturated carbocycles. The minimum absolute atomic E-state index is 0.697. The van der Waals surface area contributed by atoms with E-state index in [9.17, 15) is 0 Å². The first-order valence-corrected chi connectivity index (χ1v) is 5.86. The molecule has 0 heterocycles. The van der Waals surface area contributed by atoms with E-state index in [0.717, 1.165) is 38.6 Å². The average molecular weight is 230 g/mol. The minimum atomic E-state index is 0.697. The average Bonchev–Trinajstić information content (AvgIpc) is 2.24. The maximum atomic E-state index is 4.98. The molecule has 0 spiro atoms. The van der Waals surface area contributed by atoms with Gasteiger partial charge in [-0.15, -0.1) is 0 Å². The van der Waals surface area contributed by atoms with Crippen molar-refractivity contribution < 1.29 is 4.74 Å². The van der Waals surface area contributed by atoms with Crippen LogP contribution in [-0.2, 0) is 4.74 Å². The maximum Gasteiger partial charge on any atom is 0.191 e. The third kappa shape index (κ3) is 9.73. The molecule has 2 N–H and O–H groups in total. The number of methoxy groups -OCH3 is 1. The van der Waals surface area contributed by atoms with Crippen LogP contribution in [0.4, 0.5) is 0 Å². The van der Waals surface area contributed by atoms with Crippen molar-refractivity contribution in [1.82, 2.24) is 15.5 Å². The normalized spacial score (nSPS) is 11.9. The molecule has 0 atom stereocenters. The quantitative estimate of drug-likeness (QED) is 0.354. The zero-order chi connectivity index (χ0) is 12.2. The highest BCUT2D eigenvalue weighted by atomic mass is 16.5. The Morgan fingerprint density at radius 1 is 1.31 bits per heavy atom. The summed E-state index contributed by atoms with van der Waals surface area (Å²) in [6.07, 6.45) is 1.08. The first kappa shape index (κ1) is 15.2. The van der Waals surface area contributed by atoms with Crippen molar-refractivity contribution in [2.45, 2.75) is 13.3 Å². The molecule has 0 bridgehead atoms. The van der Waals surface area contributed by atoms with E-state index in [0.29, 0.717) is 6.61 Å². The fourth-order valence-corrected chi connectivity index (χ4v) is 1.19. The summed E-state index contributed by atoms with van der Waals surface area (Å²) in [5, 5.41) is 6.41. The van der Waals surface area contributed by atoms with Crippen molar-refractivity contribution in [3.8, 4) is 0 Å². The number of hydrogen-bond acceptors (Lipinski definition) is 3. The smallest absolute Gasteiger partial charge is 0.191 e. The van der Waals surface area contributed by atoms with Crippen LogP contribution >= 0.6 is 0 Å². The van der Waals surface area contributed by atoms with Crippen LogP contribution in [0.15, 0.2) is 4.99 Å². The molecule has 0 aliphatic heterocycles. The summed E-state index contributed by atoms with van der Waals surface area (Å²) in [5.41, 5.74) is 0. The lowest BCUT2D eigenvalue weighted by molar-refractivity contribution is 0.203. The van der Waals surface area contributed by atoms with Gasteiger partial charge in [0.2, 0.25) is 0 Å². The summed E-state index contributed by atoms with van der Waals surface area (Å²) in [6, 6.07) is 0. The van der Waals surface area contributed by atoms with Crippen molar-refractivity contribution in [2.75, 3.05) is 54.0 Å². The summed E-state index contributed by atoms with van der Waals surface area (Å²) in [5.74, 6) is 0.873. The van der Waals surface area contributed by atoms with Gasteiger partial charge in [-0.2, -0.15) is 0 Å². The van der Waals surface area contributed by atoms with Gasteiger partial charge in [0.25, 0.3) is 0 Å². The highest BCUT2D eigenvalue weighted by Crippen LogP contribution is 1.84. The van der Waals surface area contributed by atoms with Gasteiger partial charge in [0.15, 0.2) is 5.96 Å². The van der Waals surface area contributed by atoms with Crippen molar-refractivity contribution in [3.63, 3.8) is 0 Å². The highest BCUT2D eigenvalue weighted by Gasteiger charge is 1.95. The van der Waals surface area contributed by atoms with Crippen LogP contribution in [0.3, 0.4) is 0 Å². The summed E-state index contributed by atoms with van der Waals surface area (Å²) >= 11 is 0. The molecule has 0 rings (SSSR count). The lowest BCUT2D eigenvalue weighted by Gasteiger charge is -2.11. The van der Waals surface area contributed by atoms with E-state index in [1.165, 1.54) is 0 Å². The minimum Gasteiger partial charge on any atom is -0.383 e. The van der Waals surface area contributed by atoms with Crippen molar-refractivity contribution in [2.24, 2.45) is 4.99 Å². The standard InChI is InChI=1S/C11H26N4O/c1-5-12-11(14-8-10-16-4)13-7-6-9-15(2)3/h5-10H2,1-4H3,(H2,12,13,14). The van der Waals surface area contributed by atoms with Gasteiger partial charge in [0.05, 0.1) is 6.61 Å². The highest BCUT2D eigenvalue weighted by molar-refractivity contribution is 5.79. The fraction of sp³-hybridized carbons (Fsp3) is 0.909. The lowest BCUT2D eigenvalue weighted by Crippen LogP contribution is -2.39. The molecule has 0 radical (unpaired) electrons. The van der Waals surface area contributed by atoms with Gasteiger partial charge < -0.3 is 20.3 Å². The predicted molar refractivity (Wildman–Crippen MR) is 69.0 cm³/mol. The van der Waals surface area contributed by atoms with Gasteiger partial charge in [-0.1, -0.05) is 0 Å². The van der Waals surface area contributed by atoms with Crippen LogP contribution in [0.25, 0.3) is 0 Å². The van der Waals surface area contributed by atoms with Gasteiger partial charge in [-0.05, 0) is 34.0 Å². The van der Waals surface area contributed by atoms with Gasteiger partial charge in [-0.25, -0.2) is 0 Å². The number of rotatable bonds is 8. The largest absolute Gasteiger partial charge is 0.383 e. The van der Waals surface area contributed by atoms with Crippen LogP contribution in [0.2, 0.25) is 0 Å². The molecule has 0 aromatic rings. The van der Waals surface area contributed by atoms with Crippen molar-refractivity contribution in [1.29, 1.82) is 0 Å². The molecule has 5 nitrogen and oxygen atoms in total.